The zero-order valence-electron chi connectivity index (χ0n) is 22.4. The average Bonchev–Trinajstić information content (AvgIpc) is 2.97. The number of nitrogens with one attached hydrogen (secondary N) is 1. The number of hydrogen-bond acceptors (Lipinski definition) is 6. The largest absolute Gasteiger partial charge is 0.486 e. The number of hydrogen-bond donors (Lipinski definition) is 1. The van der Waals surface area contributed by atoms with Crippen LogP contribution in [-0.2, 0) is 26.2 Å². The minimum atomic E-state index is -4.18. The maximum atomic E-state index is 14.0. The fraction of sp³-hybridized carbons (Fsp3) is 0.310. The van der Waals surface area contributed by atoms with Crippen molar-refractivity contribution in [3.8, 4) is 11.5 Å². The van der Waals surface area contributed by atoms with Crippen LogP contribution in [0.3, 0.4) is 0 Å². The number of carbonyl (C=O) groups is 2. The van der Waals surface area contributed by atoms with Gasteiger partial charge in [-0.3, -0.25) is 13.9 Å². The standard InChI is InChI=1S/C29H32ClN3O6S/c1-3-14-31-29(35)21(2)32(19-22-8-7-9-23(30)17-22)28(34)20-33(40(36,37)25-10-5-4-6-11-25)24-12-13-26-27(18-24)39-16-15-38-26/h4-13,17-18,21H,3,14-16,19-20H2,1-2H3,(H,31,35). The van der Waals surface area contributed by atoms with Crippen LogP contribution in [0.2, 0.25) is 5.02 Å². The van der Waals surface area contributed by atoms with Gasteiger partial charge in [0, 0.05) is 24.2 Å². The molecule has 0 bridgehead atoms. The van der Waals surface area contributed by atoms with Crippen LogP contribution in [0.15, 0.2) is 77.7 Å². The Kier molecular flexibility index (Phi) is 9.54. The van der Waals surface area contributed by atoms with Gasteiger partial charge >= 0.3 is 0 Å². The average molecular weight is 586 g/mol. The molecule has 1 unspecified atom stereocenters. The van der Waals surface area contributed by atoms with Gasteiger partial charge in [0.05, 0.1) is 10.6 Å². The molecule has 0 aromatic heterocycles. The molecular weight excluding hydrogens is 554 g/mol. The molecule has 11 heteroatoms. The lowest BCUT2D eigenvalue weighted by Gasteiger charge is -2.32. The Morgan fingerprint density at radius 3 is 2.40 bits per heavy atom. The van der Waals surface area contributed by atoms with Crippen molar-refractivity contribution < 1.29 is 27.5 Å². The highest BCUT2D eigenvalue weighted by Gasteiger charge is 2.33. The van der Waals surface area contributed by atoms with Crippen LogP contribution in [0.5, 0.6) is 11.5 Å². The molecule has 4 rings (SSSR count). The van der Waals surface area contributed by atoms with E-state index in [1.165, 1.54) is 17.0 Å². The maximum absolute atomic E-state index is 14.0. The quantitative estimate of drug-likeness (QED) is 0.361. The van der Waals surface area contributed by atoms with Crippen molar-refractivity contribution in [1.82, 2.24) is 10.2 Å². The zero-order chi connectivity index (χ0) is 28.7. The smallest absolute Gasteiger partial charge is 0.264 e. The Labute approximate surface area is 239 Å². The van der Waals surface area contributed by atoms with E-state index in [0.29, 0.717) is 41.8 Å². The number of sulfonamides is 1. The second kappa shape index (κ2) is 13.1. The lowest BCUT2D eigenvalue weighted by atomic mass is 10.1. The van der Waals surface area contributed by atoms with E-state index >= 15 is 0 Å². The van der Waals surface area contributed by atoms with Crippen LogP contribution in [0.25, 0.3) is 0 Å². The summed E-state index contributed by atoms with van der Waals surface area (Å²) < 4.78 is 40.1. The number of amides is 2. The molecular formula is C29H32ClN3O6S. The van der Waals surface area contributed by atoms with E-state index in [1.54, 1.807) is 67.6 Å². The van der Waals surface area contributed by atoms with E-state index in [-0.39, 0.29) is 23.0 Å². The molecule has 0 fully saturated rings. The van der Waals surface area contributed by atoms with Crippen molar-refractivity contribution in [2.45, 2.75) is 37.8 Å². The highest BCUT2D eigenvalue weighted by molar-refractivity contribution is 7.92. The predicted molar refractivity (Wildman–Crippen MR) is 153 cm³/mol. The van der Waals surface area contributed by atoms with Crippen molar-refractivity contribution >= 4 is 39.1 Å². The highest BCUT2D eigenvalue weighted by atomic mass is 35.5. The van der Waals surface area contributed by atoms with E-state index in [2.05, 4.69) is 5.32 Å². The van der Waals surface area contributed by atoms with Crippen molar-refractivity contribution in [3.63, 3.8) is 0 Å². The fourth-order valence-corrected chi connectivity index (χ4v) is 5.89. The highest BCUT2D eigenvalue weighted by Crippen LogP contribution is 2.36. The number of carbonyl (C=O) groups excluding carboxylic acids is 2. The summed E-state index contributed by atoms with van der Waals surface area (Å²) in [5, 5.41) is 3.30. The van der Waals surface area contributed by atoms with Gasteiger partial charge in [-0.25, -0.2) is 8.42 Å². The molecule has 1 heterocycles. The first-order chi connectivity index (χ1) is 19.2. The Balaban J connectivity index is 1.72. The third kappa shape index (κ3) is 6.86. The first-order valence-electron chi connectivity index (χ1n) is 13.0. The van der Waals surface area contributed by atoms with Crippen LogP contribution >= 0.6 is 11.6 Å². The molecule has 1 aliphatic rings. The minimum Gasteiger partial charge on any atom is -0.486 e. The number of benzene rings is 3. The van der Waals surface area contributed by atoms with Crippen molar-refractivity contribution in [3.05, 3.63) is 83.4 Å². The molecule has 3 aromatic carbocycles. The van der Waals surface area contributed by atoms with E-state index < -0.39 is 28.5 Å². The molecule has 212 valence electrons. The molecule has 2 amide bonds. The van der Waals surface area contributed by atoms with Gasteiger partial charge in [-0.1, -0.05) is 48.9 Å². The molecule has 0 spiro atoms. The summed E-state index contributed by atoms with van der Waals surface area (Å²) in [5.41, 5.74) is 0.931. The third-order valence-electron chi connectivity index (χ3n) is 6.38. The topological polar surface area (TPSA) is 105 Å². The summed E-state index contributed by atoms with van der Waals surface area (Å²) in [6.45, 7) is 4.20. The molecule has 1 N–H and O–H groups in total. The summed E-state index contributed by atoms with van der Waals surface area (Å²) >= 11 is 6.18. The van der Waals surface area contributed by atoms with E-state index in [1.807, 2.05) is 6.92 Å². The van der Waals surface area contributed by atoms with Gasteiger partial charge in [0.1, 0.15) is 25.8 Å². The van der Waals surface area contributed by atoms with Gasteiger partial charge in [-0.05, 0) is 55.3 Å². The number of ether oxygens (including phenoxy) is 2. The molecule has 0 saturated carbocycles. The summed E-state index contributed by atoms with van der Waals surface area (Å²) in [5.74, 6) is -0.0303. The fourth-order valence-electron chi connectivity index (χ4n) is 4.25. The zero-order valence-corrected chi connectivity index (χ0v) is 24.0. The molecule has 0 radical (unpaired) electrons. The Hall–Kier alpha value is -3.76. The lowest BCUT2D eigenvalue weighted by Crippen LogP contribution is -2.51. The SMILES string of the molecule is CCCNC(=O)C(C)N(Cc1cccc(Cl)c1)C(=O)CN(c1ccc2c(c1)OCCO2)S(=O)(=O)c1ccccc1. The lowest BCUT2D eigenvalue weighted by molar-refractivity contribution is -0.139. The van der Waals surface area contributed by atoms with Crippen LogP contribution in [-0.4, -0.2) is 57.5 Å². The normalized spacial score (nSPS) is 13.3. The van der Waals surface area contributed by atoms with Crippen molar-refractivity contribution in [2.75, 3.05) is 30.6 Å². The minimum absolute atomic E-state index is 0.0211. The Morgan fingerprint density at radius 2 is 1.70 bits per heavy atom. The summed E-state index contributed by atoms with van der Waals surface area (Å²) in [6.07, 6.45) is 0.730. The molecule has 0 aliphatic carbocycles. The first-order valence-corrected chi connectivity index (χ1v) is 14.8. The van der Waals surface area contributed by atoms with Gasteiger partial charge in [0.2, 0.25) is 11.8 Å². The number of rotatable bonds is 11. The van der Waals surface area contributed by atoms with Crippen LogP contribution in [0.4, 0.5) is 5.69 Å². The van der Waals surface area contributed by atoms with E-state index in [9.17, 15) is 18.0 Å². The van der Waals surface area contributed by atoms with Gasteiger partial charge < -0.3 is 19.7 Å². The van der Waals surface area contributed by atoms with Gasteiger partial charge in [-0.2, -0.15) is 0 Å². The molecule has 1 atom stereocenters. The van der Waals surface area contributed by atoms with Crippen molar-refractivity contribution in [1.29, 1.82) is 0 Å². The van der Waals surface area contributed by atoms with Crippen LogP contribution in [0, 0.1) is 0 Å². The summed E-state index contributed by atoms with van der Waals surface area (Å²) in [6, 6.07) is 18.7. The number of fused-ring (bicyclic) bond motifs is 1. The van der Waals surface area contributed by atoms with Crippen LogP contribution < -0.4 is 19.1 Å². The van der Waals surface area contributed by atoms with E-state index in [0.717, 1.165) is 10.7 Å². The number of anilines is 1. The van der Waals surface area contributed by atoms with Crippen molar-refractivity contribution in [2.24, 2.45) is 0 Å². The number of halogens is 1. The number of nitrogens with zero attached hydrogens (tertiary/aromatic N) is 2. The second-order valence-electron chi connectivity index (χ2n) is 9.27. The monoisotopic (exact) mass is 585 g/mol. The predicted octanol–water partition coefficient (Wildman–Crippen LogP) is 4.25. The molecule has 3 aromatic rings. The maximum Gasteiger partial charge on any atom is 0.264 e. The Bertz CT molecular complexity index is 1450. The molecule has 40 heavy (non-hydrogen) atoms. The van der Waals surface area contributed by atoms with Crippen LogP contribution in [0.1, 0.15) is 25.8 Å². The summed E-state index contributed by atoms with van der Waals surface area (Å²) in [7, 11) is -4.18. The molecule has 9 nitrogen and oxygen atoms in total. The van der Waals surface area contributed by atoms with Gasteiger partial charge in [0.25, 0.3) is 10.0 Å². The molecule has 1 aliphatic heterocycles. The first kappa shape index (κ1) is 29.2. The molecule has 0 saturated heterocycles. The summed E-state index contributed by atoms with van der Waals surface area (Å²) in [4.78, 5) is 28.3. The third-order valence-corrected chi connectivity index (χ3v) is 8.41. The van der Waals surface area contributed by atoms with E-state index in [4.69, 9.17) is 21.1 Å². The van der Waals surface area contributed by atoms with Gasteiger partial charge in [-0.15, -0.1) is 0 Å². The van der Waals surface area contributed by atoms with Gasteiger partial charge in [0.15, 0.2) is 11.5 Å². The second-order valence-corrected chi connectivity index (χ2v) is 11.6. The Morgan fingerprint density at radius 1 is 0.975 bits per heavy atom.